The molecule has 10 heteroatoms. The molecule has 0 fully saturated rings. The zero-order chi connectivity index (χ0) is 22.4. The first kappa shape index (κ1) is 22.6. The summed E-state index contributed by atoms with van der Waals surface area (Å²) in [6.07, 6.45) is 3.25. The van der Waals surface area contributed by atoms with Crippen molar-refractivity contribution in [2.45, 2.75) is 32.9 Å². The molecule has 0 atom stereocenters. The minimum absolute atomic E-state index is 0.111. The highest BCUT2D eigenvalue weighted by atomic mass is 35.5. The Morgan fingerprint density at radius 3 is 2.87 bits per heavy atom. The number of rotatable bonds is 10. The van der Waals surface area contributed by atoms with Gasteiger partial charge in [-0.1, -0.05) is 37.1 Å². The topological polar surface area (TPSA) is 119 Å². The minimum Gasteiger partial charge on any atom is -0.439 e. The summed E-state index contributed by atoms with van der Waals surface area (Å²) in [6, 6.07) is 7.24. The molecule has 0 spiro atoms. The summed E-state index contributed by atoms with van der Waals surface area (Å²) < 4.78 is 12.5. The fraction of sp³-hybridized carbons (Fsp3) is 0.381. The van der Waals surface area contributed by atoms with Gasteiger partial charge in [0.15, 0.2) is 5.76 Å². The summed E-state index contributed by atoms with van der Waals surface area (Å²) in [6.45, 7) is 3.29. The maximum atomic E-state index is 12.6. The van der Waals surface area contributed by atoms with E-state index >= 15 is 0 Å². The zero-order valence-corrected chi connectivity index (χ0v) is 18.3. The van der Waals surface area contributed by atoms with Crippen LogP contribution in [0.15, 0.2) is 44.5 Å². The number of hydrogen-bond acceptors (Lipinski definition) is 7. The van der Waals surface area contributed by atoms with Crippen LogP contribution in [0.4, 0.5) is 11.5 Å². The summed E-state index contributed by atoms with van der Waals surface area (Å²) in [5.41, 5.74) is 6.16. The number of aromatic nitrogens is 3. The number of H-pyrrole nitrogens is 1. The highest BCUT2D eigenvalue weighted by molar-refractivity contribution is 6.30. The van der Waals surface area contributed by atoms with Crippen molar-refractivity contribution in [3.05, 3.63) is 62.2 Å². The lowest BCUT2D eigenvalue weighted by Gasteiger charge is -2.24. The van der Waals surface area contributed by atoms with Crippen molar-refractivity contribution in [1.82, 2.24) is 14.5 Å². The molecule has 0 unspecified atom stereocenters. The molecule has 2 heterocycles. The van der Waals surface area contributed by atoms with E-state index in [0.717, 1.165) is 18.4 Å². The number of nitrogen functional groups attached to an aromatic ring is 1. The molecule has 1 aromatic carbocycles. The fourth-order valence-electron chi connectivity index (χ4n) is 3.21. The SMILES string of the molecule is CCCCn1c(N)c(N(CCOC)Cc2ncc(-c3cccc(Cl)c3)o2)c(=O)[nH]c1=O. The lowest BCUT2D eigenvalue weighted by molar-refractivity contribution is 0.204. The molecule has 9 nitrogen and oxygen atoms in total. The first-order chi connectivity index (χ1) is 14.9. The molecule has 3 aromatic rings. The Morgan fingerprint density at radius 2 is 2.16 bits per heavy atom. The van der Waals surface area contributed by atoms with E-state index in [-0.39, 0.29) is 18.1 Å². The summed E-state index contributed by atoms with van der Waals surface area (Å²) >= 11 is 6.06. The average molecular weight is 448 g/mol. The van der Waals surface area contributed by atoms with E-state index in [0.29, 0.717) is 36.4 Å². The van der Waals surface area contributed by atoms with Gasteiger partial charge in [-0.3, -0.25) is 14.3 Å². The van der Waals surface area contributed by atoms with E-state index in [1.165, 1.54) is 4.57 Å². The number of aromatic amines is 1. The molecular weight excluding hydrogens is 422 g/mol. The second-order valence-electron chi connectivity index (χ2n) is 7.04. The van der Waals surface area contributed by atoms with Gasteiger partial charge in [0.25, 0.3) is 5.56 Å². The number of methoxy groups -OCH3 is 1. The van der Waals surface area contributed by atoms with Crippen molar-refractivity contribution in [2.75, 3.05) is 30.9 Å². The molecule has 3 rings (SSSR count). The molecule has 2 aromatic heterocycles. The van der Waals surface area contributed by atoms with E-state index in [1.807, 2.05) is 19.1 Å². The smallest absolute Gasteiger partial charge is 0.330 e. The van der Waals surface area contributed by atoms with Gasteiger partial charge in [0.05, 0.1) is 19.3 Å². The van der Waals surface area contributed by atoms with E-state index in [1.54, 1.807) is 30.3 Å². The van der Waals surface area contributed by atoms with Gasteiger partial charge in [-0.05, 0) is 18.6 Å². The molecule has 0 aliphatic heterocycles. The van der Waals surface area contributed by atoms with Crippen LogP contribution in [-0.2, 0) is 17.8 Å². The third-order valence-corrected chi connectivity index (χ3v) is 5.05. The van der Waals surface area contributed by atoms with Crippen LogP contribution in [0.1, 0.15) is 25.7 Å². The number of oxazole rings is 1. The van der Waals surface area contributed by atoms with Crippen molar-refractivity contribution in [1.29, 1.82) is 0 Å². The predicted molar refractivity (Wildman–Crippen MR) is 121 cm³/mol. The van der Waals surface area contributed by atoms with Crippen LogP contribution in [0, 0.1) is 0 Å². The van der Waals surface area contributed by atoms with Gasteiger partial charge in [-0.15, -0.1) is 0 Å². The average Bonchev–Trinajstić information content (AvgIpc) is 3.20. The lowest BCUT2D eigenvalue weighted by atomic mass is 10.2. The highest BCUT2D eigenvalue weighted by Crippen LogP contribution is 2.25. The molecule has 0 aliphatic carbocycles. The van der Waals surface area contributed by atoms with Crippen LogP contribution in [0.5, 0.6) is 0 Å². The maximum absolute atomic E-state index is 12.6. The lowest BCUT2D eigenvalue weighted by Crippen LogP contribution is -2.39. The number of ether oxygens (including phenoxy) is 1. The van der Waals surface area contributed by atoms with Gasteiger partial charge < -0.3 is 19.8 Å². The van der Waals surface area contributed by atoms with Gasteiger partial charge >= 0.3 is 5.69 Å². The molecule has 166 valence electrons. The predicted octanol–water partition coefficient (Wildman–Crippen LogP) is 2.88. The number of nitrogens with one attached hydrogen (secondary N) is 1. The molecule has 31 heavy (non-hydrogen) atoms. The van der Waals surface area contributed by atoms with Crippen LogP contribution in [0.25, 0.3) is 11.3 Å². The Morgan fingerprint density at radius 1 is 1.35 bits per heavy atom. The minimum atomic E-state index is -0.562. The molecule has 0 radical (unpaired) electrons. The van der Waals surface area contributed by atoms with Crippen molar-refractivity contribution in [2.24, 2.45) is 0 Å². The van der Waals surface area contributed by atoms with Crippen LogP contribution >= 0.6 is 11.6 Å². The van der Waals surface area contributed by atoms with Crippen molar-refractivity contribution in [3.8, 4) is 11.3 Å². The van der Waals surface area contributed by atoms with Gasteiger partial charge in [-0.25, -0.2) is 9.78 Å². The molecule has 0 amide bonds. The number of hydrogen-bond donors (Lipinski definition) is 2. The van der Waals surface area contributed by atoms with Crippen molar-refractivity contribution < 1.29 is 9.15 Å². The standard InChI is InChI=1S/C21H26ClN5O4/c1-3-4-8-27-19(23)18(20(28)25-21(27)29)26(9-10-30-2)13-17-24-12-16(31-17)14-6-5-7-15(22)11-14/h5-7,11-12H,3-4,8-10,13,23H2,1-2H3,(H,25,28,29). The van der Waals surface area contributed by atoms with Crippen LogP contribution in [0.2, 0.25) is 5.02 Å². The fourth-order valence-corrected chi connectivity index (χ4v) is 3.40. The number of anilines is 2. The Hall–Kier alpha value is -3.04. The molecule has 0 aliphatic rings. The van der Waals surface area contributed by atoms with Crippen LogP contribution in [-0.4, -0.2) is 34.8 Å². The van der Waals surface area contributed by atoms with E-state index in [4.69, 9.17) is 26.5 Å². The number of benzene rings is 1. The third kappa shape index (κ3) is 5.36. The quantitative estimate of drug-likeness (QED) is 0.490. The highest BCUT2D eigenvalue weighted by Gasteiger charge is 2.21. The third-order valence-electron chi connectivity index (χ3n) is 4.82. The van der Waals surface area contributed by atoms with Gasteiger partial charge in [0.1, 0.15) is 11.5 Å². The summed E-state index contributed by atoms with van der Waals surface area (Å²) in [4.78, 5) is 33.3. The second-order valence-corrected chi connectivity index (χ2v) is 7.48. The molecule has 0 saturated carbocycles. The Bertz CT molecular complexity index is 1140. The number of nitrogens with two attached hydrogens (primary N) is 1. The first-order valence-corrected chi connectivity index (χ1v) is 10.4. The van der Waals surface area contributed by atoms with E-state index in [9.17, 15) is 9.59 Å². The van der Waals surface area contributed by atoms with Crippen LogP contribution in [0.3, 0.4) is 0 Å². The van der Waals surface area contributed by atoms with Gasteiger partial charge in [0.2, 0.25) is 5.89 Å². The van der Waals surface area contributed by atoms with E-state index in [2.05, 4.69) is 9.97 Å². The second kappa shape index (κ2) is 10.3. The van der Waals surface area contributed by atoms with E-state index < -0.39 is 11.2 Å². The summed E-state index contributed by atoms with van der Waals surface area (Å²) in [7, 11) is 1.57. The van der Waals surface area contributed by atoms with Gasteiger partial charge in [0, 0.05) is 30.8 Å². The Balaban J connectivity index is 1.95. The largest absolute Gasteiger partial charge is 0.439 e. The number of halogens is 1. The molecule has 0 bridgehead atoms. The number of unbranched alkanes of at least 4 members (excludes halogenated alkanes) is 1. The van der Waals surface area contributed by atoms with Gasteiger partial charge in [-0.2, -0.15) is 0 Å². The Kier molecular flexibility index (Phi) is 7.54. The maximum Gasteiger partial charge on any atom is 0.330 e. The monoisotopic (exact) mass is 447 g/mol. The zero-order valence-electron chi connectivity index (χ0n) is 17.6. The summed E-state index contributed by atoms with van der Waals surface area (Å²) in [5.74, 6) is 1.05. The summed E-state index contributed by atoms with van der Waals surface area (Å²) in [5, 5.41) is 0.589. The molecule has 0 saturated heterocycles. The van der Waals surface area contributed by atoms with Crippen molar-refractivity contribution >= 4 is 23.1 Å². The van der Waals surface area contributed by atoms with Crippen LogP contribution < -0.4 is 21.9 Å². The van der Waals surface area contributed by atoms with Crippen molar-refractivity contribution in [3.63, 3.8) is 0 Å². The number of nitrogens with zero attached hydrogens (tertiary/aromatic N) is 3. The molecule has 3 N–H and O–H groups in total. The molecular formula is C21H26ClN5O4. The Labute approximate surface area is 184 Å². The normalized spacial score (nSPS) is 11.1. The first-order valence-electron chi connectivity index (χ1n) is 10.0.